The number of para-hydroxylation sites is 1. The molecule has 29 heavy (non-hydrogen) atoms. The van der Waals surface area contributed by atoms with E-state index in [9.17, 15) is 4.79 Å². The van der Waals surface area contributed by atoms with Crippen LogP contribution in [0.3, 0.4) is 0 Å². The Morgan fingerprint density at radius 2 is 1.79 bits per heavy atom. The van der Waals surface area contributed by atoms with Crippen LogP contribution in [-0.4, -0.2) is 20.2 Å². The third-order valence-electron chi connectivity index (χ3n) is 4.79. The van der Waals surface area contributed by atoms with Gasteiger partial charge in [-0.2, -0.15) is 5.10 Å². The predicted octanol–water partition coefficient (Wildman–Crippen LogP) is 4.23. The summed E-state index contributed by atoms with van der Waals surface area (Å²) < 4.78 is 1.58. The lowest BCUT2D eigenvalue weighted by Crippen LogP contribution is -2.23. The molecule has 0 unspecified atom stereocenters. The van der Waals surface area contributed by atoms with Crippen LogP contribution < -0.4 is 11.0 Å². The molecular weight excluding hydrogens is 362 g/mol. The van der Waals surface area contributed by atoms with Crippen molar-refractivity contribution in [3.63, 3.8) is 0 Å². The number of aryl methyl sites for hydroxylation is 2. The third kappa shape index (κ3) is 3.65. The van der Waals surface area contributed by atoms with E-state index in [1.807, 2.05) is 69.3 Å². The monoisotopic (exact) mass is 383 g/mol. The average Bonchev–Trinajstić information content (AvgIpc) is 2.73. The van der Waals surface area contributed by atoms with E-state index in [1.54, 1.807) is 23.0 Å². The average molecular weight is 383 g/mol. The number of aromatic nitrogens is 3. The quantitative estimate of drug-likeness (QED) is 0.423. The molecule has 0 spiro atoms. The standard InChI is InChI=1S/C23H21N5O/c1-15-8-9-21(16(2)14-15)28-22(29)19-6-4-5-7-20(19)25-23(28)27-26-17(3)18-10-12-24-13-11-18/h4-14H,1-3H3,(H,25,27)/b26-17-. The number of pyridine rings is 1. The molecule has 0 saturated carbocycles. The third-order valence-corrected chi connectivity index (χ3v) is 4.79. The van der Waals surface area contributed by atoms with Crippen molar-refractivity contribution in [1.29, 1.82) is 0 Å². The van der Waals surface area contributed by atoms with Gasteiger partial charge in [0.1, 0.15) is 0 Å². The molecule has 2 heterocycles. The van der Waals surface area contributed by atoms with Gasteiger partial charge in [0.15, 0.2) is 0 Å². The van der Waals surface area contributed by atoms with Gasteiger partial charge in [0, 0.05) is 18.0 Å². The van der Waals surface area contributed by atoms with Gasteiger partial charge in [-0.3, -0.25) is 9.78 Å². The summed E-state index contributed by atoms with van der Waals surface area (Å²) in [6.45, 7) is 5.90. The number of anilines is 1. The Labute approximate surface area is 168 Å². The van der Waals surface area contributed by atoms with E-state index >= 15 is 0 Å². The number of nitrogens with one attached hydrogen (secondary N) is 1. The van der Waals surface area contributed by atoms with Gasteiger partial charge >= 0.3 is 0 Å². The van der Waals surface area contributed by atoms with Crippen molar-refractivity contribution in [3.05, 3.63) is 94.0 Å². The van der Waals surface area contributed by atoms with Crippen molar-refractivity contribution >= 4 is 22.6 Å². The molecule has 6 nitrogen and oxygen atoms in total. The molecule has 0 aliphatic heterocycles. The van der Waals surface area contributed by atoms with E-state index in [1.165, 1.54) is 0 Å². The first-order chi connectivity index (χ1) is 14.0. The highest BCUT2D eigenvalue weighted by Gasteiger charge is 2.14. The van der Waals surface area contributed by atoms with E-state index in [0.717, 1.165) is 28.1 Å². The smallest absolute Gasteiger partial charge is 0.267 e. The molecule has 0 amide bonds. The first-order valence-electron chi connectivity index (χ1n) is 9.35. The van der Waals surface area contributed by atoms with E-state index in [4.69, 9.17) is 0 Å². The van der Waals surface area contributed by atoms with E-state index in [0.29, 0.717) is 16.9 Å². The number of hydrogen-bond donors (Lipinski definition) is 1. The summed E-state index contributed by atoms with van der Waals surface area (Å²) in [6.07, 6.45) is 3.43. The molecule has 0 aliphatic carbocycles. The first-order valence-corrected chi connectivity index (χ1v) is 9.35. The van der Waals surface area contributed by atoms with Gasteiger partial charge in [0.2, 0.25) is 5.95 Å². The minimum absolute atomic E-state index is 0.137. The minimum atomic E-state index is -0.137. The molecule has 0 aliphatic rings. The second-order valence-corrected chi connectivity index (χ2v) is 6.93. The van der Waals surface area contributed by atoms with Gasteiger partial charge in [-0.05, 0) is 56.7 Å². The molecule has 4 aromatic rings. The highest BCUT2D eigenvalue weighted by atomic mass is 16.1. The van der Waals surface area contributed by atoms with Crippen LogP contribution in [0.2, 0.25) is 0 Å². The Balaban J connectivity index is 1.89. The van der Waals surface area contributed by atoms with Gasteiger partial charge in [0.25, 0.3) is 5.56 Å². The highest BCUT2D eigenvalue weighted by molar-refractivity contribution is 5.98. The van der Waals surface area contributed by atoms with E-state index < -0.39 is 0 Å². The second kappa shape index (κ2) is 7.67. The molecule has 0 fully saturated rings. The molecule has 1 N–H and O–H groups in total. The largest absolute Gasteiger partial charge is 0.268 e. The molecule has 144 valence electrons. The number of benzene rings is 2. The Morgan fingerprint density at radius 1 is 1.03 bits per heavy atom. The minimum Gasteiger partial charge on any atom is -0.268 e. The Hall–Kier alpha value is -3.80. The Morgan fingerprint density at radius 3 is 2.55 bits per heavy atom. The number of hydrazone groups is 1. The van der Waals surface area contributed by atoms with Crippen molar-refractivity contribution in [2.45, 2.75) is 20.8 Å². The summed E-state index contributed by atoms with van der Waals surface area (Å²) in [6, 6.07) is 17.1. The summed E-state index contributed by atoms with van der Waals surface area (Å²) in [5.41, 5.74) is 8.09. The Kier molecular flexibility index (Phi) is 4.91. The molecule has 0 saturated heterocycles. The Bertz CT molecular complexity index is 1280. The fourth-order valence-electron chi connectivity index (χ4n) is 3.28. The van der Waals surface area contributed by atoms with Crippen molar-refractivity contribution in [2.75, 3.05) is 5.43 Å². The van der Waals surface area contributed by atoms with Crippen LogP contribution in [0.1, 0.15) is 23.6 Å². The summed E-state index contributed by atoms with van der Waals surface area (Å²) in [4.78, 5) is 22.0. The van der Waals surface area contributed by atoms with Crippen molar-refractivity contribution < 1.29 is 0 Å². The molecule has 6 heteroatoms. The highest BCUT2D eigenvalue weighted by Crippen LogP contribution is 2.20. The molecule has 0 radical (unpaired) electrons. The summed E-state index contributed by atoms with van der Waals surface area (Å²) in [5.74, 6) is 0.369. The van der Waals surface area contributed by atoms with Crippen LogP contribution >= 0.6 is 0 Å². The van der Waals surface area contributed by atoms with Crippen LogP contribution in [0.25, 0.3) is 16.6 Å². The molecule has 4 rings (SSSR count). The van der Waals surface area contributed by atoms with Crippen LogP contribution in [0.15, 0.2) is 76.9 Å². The van der Waals surface area contributed by atoms with Gasteiger partial charge in [-0.15, -0.1) is 0 Å². The fraction of sp³-hybridized carbons (Fsp3) is 0.130. The molecule has 0 bridgehead atoms. The zero-order chi connectivity index (χ0) is 20.4. The predicted molar refractivity (Wildman–Crippen MR) is 117 cm³/mol. The topological polar surface area (TPSA) is 72.2 Å². The van der Waals surface area contributed by atoms with Crippen LogP contribution in [0.4, 0.5) is 5.95 Å². The SMILES string of the molecule is C/C(=N/Nc1nc2ccccc2c(=O)n1-c1ccc(C)cc1C)c1ccncc1. The summed E-state index contributed by atoms with van der Waals surface area (Å²) >= 11 is 0. The van der Waals surface area contributed by atoms with Gasteiger partial charge in [0.05, 0.1) is 22.3 Å². The normalized spacial score (nSPS) is 11.6. The molecule has 2 aromatic heterocycles. The van der Waals surface area contributed by atoms with Crippen molar-refractivity contribution in [1.82, 2.24) is 14.5 Å². The van der Waals surface area contributed by atoms with Gasteiger partial charge in [-0.25, -0.2) is 15.0 Å². The molecule has 2 aromatic carbocycles. The maximum Gasteiger partial charge on any atom is 0.267 e. The van der Waals surface area contributed by atoms with Crippen LogP contribution in [0, 0.1) is 13.8 Å². The summed E-state index contributed by atoms with van der Waals surface area (Å²) in [7, 11) is 0. The van der Waals surface area contributed by atoms with Crippen molar-refractivity contribution in [3.8, 4) is 5.69 Å². The number of hydrogen-bond acceptors (Lipinski definition) is 5. The number of nitrogens with zero attached hydrogens (tertiary/aromatic N) is 4. The summed E-state index contributed by atoms with van der Waals surface area (Å²) in [5, 5.41) is 5.03. The fourth-order valence-corrected chi connectivity index (χ4v) is 3.28. The van der Waals surface area contributed by atoms with Crippen LogP contribution in [-0.2, 0) is 0 Å². The van der Waals surface area contributed by atoms with Crippen molar-refractivity contribution in [2.24, 2.45) is 5.10 Å². The molecular formula is C23H21N5O. The lowest BCUT2D eigenvalue weighted by molar-refractivity contribution is 0.945. The van der Waals surface area contributed by atoms with Crippen LogP contribution in [0.5, 0.6) is 0 Å². The van der Waals surface area contributed by atoms with E-state index in [2.05, 4.69) is 20.5 Å². The van der Waals surface area contributed by atoms with E-state index in [-0.39, 0.29) is 5.56 Å². The lowest BCUT2D eigenvalue weighted by Gasteiger charge is -2.15. The second-order valence-electron chi connectivity index (χ2n) is 6.93. The van der Waals surface area contributed by atoms with Gasteiger partial charge in [-0.1, -0.05) is 29.8 Å². The maximum atomic E-state index is 13.3. The molecule has 0 atom stereocenters. The first kappa shape index (κ1) is 18.6. The number of fused-ring (bicyclic) bond motifs is 1. The maximum absolute atomic E-state index is 13.3. The lowest BCUT2D eigenvalue weighted by atomic mass is 10.1. The zero-order valence-corrected chi connectivity index (χ0v) is 16.5. The zero-order valence-electron chi connectivity index (χ0n) is 16.5. The van der Waals surface area contributed by atoms with Gasteiger partial charge < -0.3 is 0 Å². The number of rotatable bonds is 4.